The molecule has 2 aromatic heterocycles. The Labute approximate surface area is 251 Å². The van der Waals surface area contributed by atoms with E-state index >= 15 is 0 Å². The van der Waals surface area contributed by atoms with Gasteiger partial charge in [0.2, 0.25) is 17.3 Å². The molecule has 1 saturated heterocycles. The molecule has 2 aromatic carbocycles. The predicted molar refractivity (Wildman–Crippen MR) is 154 cm³/mol. The van der Waals surface area contributed by atoms with E-state index in [4.69, 9.17) is 18.7 Å². The topological polar surface area (TPSA) is 145 Å². The van der Waals surface area contributed by atoms with Gasteiger partial charge in [-0.15, -0.1) is 0 Å². The predicted octanol–water partition coefficient (Wildman–Crippen LogP) is 2.79. The SMILES string of the molecule is COc1ccc2cc1OCC(=O)N[C@@H]1CN(C(=O)c3onc4ncccc34)CC[C@H]1Oc1cc(F)cc(c1)CNC(=O)CC2. The molecule has 12 nitrogen and oxygen atoms in total. The number of halogens is 1. The van der Waals surface area contributed by atoms with Crippen molar-refractivity contribution in [2.24, 2.45) is 0 Å². The first-order chi connectivity index (χ1) is 21.4. The largest absolute Gasteiger partial charge is 0.493 e. The van der Waals surface area contributed by atoms with Crippen LogP contribution in [0.15, 0.2) is 59.3 Å². The number of carbonyl (C=O) groups is 3. The Morgan fingerprint density at radius 1 is 1.09 bits per heavy atom. The Balaban J connectivity index is 1.28. The maximum absolute atomic E-state index is 14.6. The van der Waals surface area contributed by atoms with Gasteiger partial charge >= 0.3 is 0 Å². The lowest BCUT2D eigenvalue weighted by Crippen LogP contribution is -2.58. The van der Waals surface area contributed by atoms with Crippen LogP contribution < -0.4 is 24.8 Å². The van der Waals surface area contributed by atoms with Gasteiger partial charge in [-0.1, -0.05) is 11.2 Å². The van der Waals surface area contributed by atoms with Crippen LogP contribution >= 0.6 is 0 Å². The number of rotatable bonds is 2. The van der Waals surface area contributed by atoms with Gasteiger partial charge in [0.1, 0.15) is 17.7 Å². The normalized spacial score (nSPS) is 19.4. The van der Waals surface area contributed by atoms with Crippen molar-refractivity contribution in [3.8, 4) is 17.2 Å². The minimum Gasteiger partial charge on any atom is -0.493 e. The monoisotopic (exact) mass is 603 g/mol. The highest BCUT2D eigenvalue weighted by Crippen LogP contribution is 2.29. The van der Waals surface area contributed by atoms with E-state index in [-0.39, 0.29) is 50.1 Å². The Morgan fingerprint density at radius 3 is 2.84 bits per heavy atom. The number of piperidine rings is 1. The number of benzene rings is 2. The Hall–Kier alpha value is -5.20. The standard InChI is InChI=1S/C31H30FN5O7/c1-41-25-6-4-18-5-7-27(38)34-15-19-11-20(32)14-21(12-19)43-24-8-10-37(16-23(24)35-28(39)17-42-26(25)13-18)31(40)29-22-3-2-9-33-30(22)36-44-29/h2-4,6,9,11-14,23-24H,5,7-8,10,15-17H2,1H3,(H,34,38)(H,35,39)/t23-,24-/m1/s1. The molecule has 6 rings (SSSR count). The molecule has 0 saturated carbocycles. The van der Waals surface area contributed by atoms with Crippen molar-refractivity contribution in [1.29, 1.82) is 0 Å². The van der Waals surface area contributed by atoms with Gasteiger partial charge < -0.3 is 34.3 Å². The molecule has 0 unspecified atom stereocenters. The highest BCUT2D eigenvalue weighted by atomic mass is 19.1. The first kappa shape index (κ1) is 28.9. The number of methoxy groups -OCH3 is 1. The van der Waals surface area contributed by atoms with Crippen LogP contribution in [0.1, 0.15) is 34.5 Å². The van der Waals surface area contributed by atoms with Gasteiger partial charge in [0.05, 0.1) is 18.5 Å². The maximum Gasteiger partial charge on any atom is 0.293 e. The number of pyridine rings is 1. The van der Waals surface area contributed by atoms with E-state index in [0.717, 1.165) is 5.56 Å². The molecule has 4 aromatic rings. The highest BCUT2D eigenvalue weighted by molar-refractivity contribution is 6.02. The van der Waals surface area contributed by atoms with E-state index < -0.39 is 29.8 Å². The van der Waals surface area contributed by atoms with E-state index in [0.29, 0.717) is 40.9 Å². The molecule has 13 heteroatoms. The molecular formula is C31H30FN5O7. The Kier molecular flexibility index (Phi) is 8.26. The molecule has 1 fully saturated rings. The van der Waals surface area contributed by atoms with Crippen LogP contribution in [-0.4, -0.2) is 71.7 Å². The molecule has 2 aliphatic heterocycles. The summed E-state index contributed by atoms with van der Waals surface area (Å²) in [6, 6.07) is 12.2. The number of nitrogens with zero attached hydrogens (tertiary/aromatic N) is 3. The third-order valence-electron chi connectivity index (χ3n) is 7.57. The molecular weight excluding hydrogens is 573 g/mol. The number of fused-ring (bicyclic) bond motifs is 6. The van der Waals surface area contributed by atoms with E-state index in [1.54, 1.807) is 41.4 Å². The Bertz CT molecular complexity index is 1710. The molecule has 0 spiro atoms. The summed E-state index contributed by atoms with van der Waals surface area (Å²) in [5.41, 5.74) is 1.65. The van der Waals surface area contributed by atoms with Crippen molar-refractivity contribution in [1.82, 2.24) is 25.7 Å². The van der Waals surface area contributed by atoms with Crippen LogP contribution in [0.2, 0.25) is 0 Å². The quantitative estimate of drug-likeness (QED) is 0.353. The number of hydrogen-bond donors (Lipinski definition) is 2. The van der Waals surface area contributed by atoms with Gasteiger partial charge in [-0.25, -0.2) is 9.37 Å². The average molecular weight is 604 g/mol. The van der Waals surface area contributed by atoms with E-state index in [1.807, 2.05) is 6.07 Å². The van der Waals surface area contributed by atoms with E-state index in [9.17, 15) is 18.8 Å². The number of amides is 3. The molecule has 0 radical (unpaired) electrons. The molecule has 2 aliphatic rings. The van der Waals surface area contributed by atoms with Gasteiger partial charge in [-0.3, -0.25) is 14.4 Å². The third-order valence-corrected chi connectivity index (χ3v) is 7.57. The first-order valence-corrected chi connectivity index (χ1v) is 14.2. The maximum atomic E-state index is 14.6. The summed E-state index contributed by atoms with van der Waals surface area (Å²) in [6.45, 7) is 0.114. The van der Waals surface area contributed by atoms with Gasteiger partial charge in [0.15, 0.2) is 18.1 Å². The van der Waals surface area contributed by atoms with Crippen molar-refractivity contribution in [3.05, 3.63) is 77.4 Å². The lowest BCUT2D eigenvalue weighted by atomic mass is 10.0. The summed E-state index contributed by atoms with van der Waals surface area (Å²) in [7, 11) is 1.49. The lowest BCUT2D eigenvalue weighted by molar-refractivity contribution is -0.125. The summed E-state index contributed by atoms with van der Waals surface area (Å²) >= 11 is 0. The molecule has 44 heavy (non-hydrogen) atoms. The van der Waals surface area contributed by atoms with E-state index in [1.165, 1.54) is 19.2 Å². The highest BCUT2D eigenvalue weighted by Gasteiger charge is 2.36. The second kappa shape index (κ2) is 12.6. The number of carbonyl (C=O) groups excluding carboxylic acids is 3. The zero-order valence-electron chi connectivity index (χ0n) is 23.9. The van der Waals surface area contributed by atoms with Crippen molar-refractivity contribution >= 4 is 28.8 Å². The smallest absolute Gasteiger partial charge is 0.293 e. The second-order valence-electron chi connectivity index (χ2n) is 10.6. The molecule has 228 valence electrons. The molecule has 2 atom stereocenters. The van der Waals surface area contributed by atoms with Crippen LogP contribution in [0, 0.1) is 5.82 Å². The number of nitrogens with one attached hydrogen (secondary N) is 2. The fraction of sp³-hybridized carbons (Fsp3) is 0.323. The zero-order valence-corrected chi connectivity index (χ0v) is 23.9. The number of aromatic nitrogens is 2. The first-order valence-electron chi connectivity index (χ1n) is 14.2. The van der Waals surface area contributed by atoms with Gasteiger partial charge in [-0.05, 0) is 53.9 Å². The summed E-state index contributed by atoms with van der Waals surface area (Å²) in [5.74, 6) is -0.526. The summed E-state index contributed by atoms with van der Waals surface area (Å²) < 4.78 is 37.4. The minimum atomic E-state index is -0.686. The fourth-order valence-corrected chi connectivity index (χ4v) is 5.37. The van der Waals surface area contributed by atoms with Gasteiger partial charge in [0, 0.05) is 44.7 Å². The van der Waals surface area contributed by atoms with Crippen molar-refractivity contribution < 1.29 is 37.5 Å². The minimum absolute atomic E-state index is 0.0473. The fourth-order valence-electron chi connectivity index (χ4n) is 5.37. The summed E-state index contributed by atoms with van der Waals surface area (Å²) in [5, 5.41) is 10.1. The van der Waals surface area contributed by atoms with Crippen LogP contribution in [-0.2, 0) is 22.6 Å². The van der Waals surface area contributed by atoms with Crippen LogP contribution in [0.3, 0.4) is 0 Å². The Morgan fingerprint density at radius 2 is 1.98 bits per heavy atom. The van der Waals surface area contributed by atoms with Crippen molar-refractivity contribution in [3.63, 3.8) is 0 Å². The van der Waals surface area contributed by atoms with Crippen LogP contribution in [0.5, 0.6) is 17.2 Å². The van der Waals surface area contributed by atoms with Crippen LogP contribution in [0.25, 0.3) is 11.0 Å². The molecule has 4 heterocycles. The third kappa shape index (κ3) is 6.41. The summed E-state index contributed by atoms with van der Waals surface area (Å²) in [6.07, 6.45) is 1.88. The molecule has 0 aliphatic carbocycles. The number of hydrogen-bond acceptors (Lipinski definition) is 9. The van der Waals surface area contributed by atoms with Gasteiger partial charge in [-0.2, -0.15) is 0 Å². The molecule has 2 N–H and O–H groups in total. The average Bonchev–Trinajstić information content (AvgIpc) is 3.46. The summed E-state index contributed by atoms with van der Waals surface area (Å²) in [4.78, 5) is 44.9. The zero-order chi connectivity index (χ0) is 30.6. The molecule has 4 bridgehead atoms. The lowest BCUT2D eigenvalue weighted by Gasteiger charge is -2.38. The van der Waals surface area contributed by atoms with Crippen LogP contribution in [0.4, 0.5) is 4.39 Å². The van der Waals surface area contributed by atoms with Crippen molar-refractivity contribution in [2.45, 2.75) is 38.0 Å². The second-order valence-corrected chi connectivity index (χ2v) is 10.6. The van der Waals surface area contributed by atoms with E-state index in [2.05, 4.69) is 20.8 Å². The van der Waals surface area contributed by atoms with Gasteiger partial charge in [0.25, 0.3) is 11.8 Å². The molecule has 3 amide bonds. The number of aryl methyl sites for hydroxylation is 1. The number of likely N-dealkylation sites (tertiary alicyclic amines) is 1. The number of ether oxygens (including phenoxy) is 3. The van der Waals surface area contributed by atoms with Crippen molar-refractivity contribution in [2.75, 3.05) is 26.8 Å².